The Morgan fingerprint density at radius 2 is 1.61 bits per heavy atom. The zero-order valence-corrected chi connectivity index (χ0v) is 21.7. The molecule has 8 heteroatoms. The highest BCUT2D eigenvalue weighted by Gasteiger charge is 2.23. The average molecular weight is 498 g/mol. The number of nitrogens with one attached hydrogen (secondary N) is 1. The van der Waals surface area contributed by atoms with Gasteiger partial charge in [0.1, 0.15) is 0 Å². The Kier molecular flexibility index (Phi) is 6.14. The molecule has 0 aliphatic rings. The maximum atomic E-state index is 13.6. The summed E-state index contributed by atoms with van der Waals surface area (Å²) in [6.07, 6.45) is 0. The number of nitrogens with zero attached hydrogens (tertiary/aromatic N) is 4. The van der Waals surface area contributed by atoms with E-state index in [1.165, 1.54) is 11.8 Å². The number of aryl methyl sites for hydroxylation is 4. The third kappa shape index (κ3) is 4.18. The molecule has 0 saturated carbocycles. The molecule has 0 bridgehead atoms. The van der Waals surface area contributed by atoms with Crippen molar-refractivity contribution in [1.29, 1.82) is 0 Å². The third-order valence-corrected chi connectivity index (χ3v) is 7.35. The number of hydrogen-bond acceptors (Lipinski definition) is 5. The van der Waals surface area contributed by atoms with Crippen LogP contribution in [0.25, 0.3) is 22.4 Å². The van der Waals surface area contributed by atoms with Gasteiger partial charge in [0.25, 0.3) is 5.56 Å². The summed E-state index contributed by atoms with van der Waals surface area (Å²) in [7, 11) is 0. The molecule has 1 atom stereocenters. The van der Waals surface area contributed by atoms with E-state index < -0.39 is 5.25 Å². The predicted molar refractivity (Wildman–Crippen MR) is 145 cm³/mol. The van der Waals surface area contributed by atoms with Gasteiger partial charge in [0.15, 0.2) is 5.16 Å². The molecule has 0 fully saturated rings. The number of benzene rings is 3. The molecular formula is C28H27N5O2S. The zero-order valence-electron chi connectivity index (χ0n) is 20.9. The first kappa shape index (κ1) is 23.8. The molecule has 3 aromatic carbocycles. The van der Waals surface area contributed by atoms with Crippen LogP contribution in [0.4, 0.5) is 5.69 Å². The number of rotatable bonds is 5. The largest absolute Gasteiger partial charge is 0.325 e. The second-order valence-corrected chi connectivity index (χ2v) is 10.4. The lowest BCUT2D eigenvalue weighted by atomic mass is 10.1. The lowest BCUT2D eigenvalue weighted by Gasteiger charge is -2.15. The van der Waals surface area contributed by atoms with Crippen molar-refractivity contribution < 1.29 is 4.79 Å². The highest BCUT2D eigenvalue weighted by molar-refractivity contribution is 8.00. The van der Waals surface area contributed by atoms with Crippen LogP contribution in [0.5, 0.6) is 0 Å². The molecule has 0 saturated heterocycles. The van der Waals surface area contributed by atoms with E-state index in [9.17, 15) is 9.59 Å². The van der Waals surface area contributed by atoms with Gasteiger partial charge in [0.05, 0.1) is 21.8 Å². The van der Waals surface area contributed by atoms with Crippen LogP contribution in [0.3, 0.4) is 0 Å². The minimum Gasteiger partial charge on any atom is -0.325 e. The number of fused-ring (bicyclic) bond motifs is 3. The predicted octanol–water partition coefficient (Wildman–Crippen LogP) is 5.39. The Morgan fingerprint density at radius 1 is 0.917 bits per heavy atom. The van der Waals surface area contributed by atoms with Gasteiger partial charge in [-0.15, -0.1) is 10.2 Å². The number of hydrogen-bond donors (Lipinski definition) is 1. The highest BCUT2D eigenvalue weighted by atomic mass is 32.2. The van der Waals surface area contributed by atoms with E-state index in [2.05, 4.69) is 15.5 Å². The summed E-state index contributed by atoms with van der Waals surface area (Å²) in [6, 6.07) is 19.4. The van der Waals surface area contributed by atoms with Crippen molar-refractivity contribution in [2.45, 2.75) is 45.0 Å². The molecule has 36 heavy (non-hydrogen) atoms. The quantitative estimate of drug-likeness (QED) is 0.330. The van der Waals surface area contributed by atoms with Crippen LogP contribution in [0.15, 0.2) is 70.6 Å². The van der Waals surface area contributed by atoms with Crippen molar-refractivity contribution in [2.24, 2.45) is 0 Å². The minimum atomic E-state index is -0.447. The molecule has 5 aromatic rings. The van der Waals surface area contributed by atoms with Gasteiger partial charge in [-0.25, -0.2) is 4.57 Å². The van der Waals surface area contributed by atoms with Gasteiger partial charge in [-0.2, -0.15) is 0 Å². The number of para-hydroxylation sites is 1. The lowest BCUT2D eigenvalue weighted by molar-refractivity contribution is -0.115. The Balaban J connectivity index is 1.61. The Hall–Kier alpha value is -3.91. The first-order valence-electron chi connectivity index (χ1n) is 11.8. The standard InChI is InChI=1S/C28H27N5O2S/c1-16-10-12-18(3)22(14-16)29-25(34)20(5)36-28-31-30-27-32(24-15-17(2)11-13-19(24)4)26(35)21-8-6-7-9-23(21)33(27)28/h6-15,20H,1-5H3,(H,29,34). The second kappa shape index (κ2) is 9.28. The van der Waals surface area contributed by atoms with Gasteiger partial charge in [0.2, 0.25) is 11.7 Å². The summed E-state index contributed by atoms with van der Waals surface area (Å²) in [5.74, 6) is 0.287. The van der Waals surface area contributed by atoms with Gasteiger partial charge in [-0.3, -0.25) is 14.0 Å². The monoisotopic (exact) mass is 497 g/mol. The van der Waals surface area contributed by atoms with E-state index in [0.717, 1.165) is 33.6 Å². The molecule has 0 aliphatic carbocycles. The SMILES string of the molecule is Cc1ccc(C)c(NC(=O)C(C)Sc2nnc3n(-c4cc(C)ccc4C)c(=O)c4ccccc4n23)c1. The van der Waals surface area contributed by atoms with Crippen molar-refractivity contribution >= 4 is 40.0 Å². The maximum Gasteiger partial charge on any atom is 0.267 e. The minimum absolute atomic E-state index is 0.127. The van der Waals surface area contributed by atoms with Crippen LogP contribution in [-0.4, -0.2) is 30.3 Å². The summed E-state index contributed by atoms with van der Waals surface area (Å²) < 4.78 is 3.48. The number of amides is 1. The van der Waals surface area contributed by atoms with E-state index in [1.807, 2.05) is 99.7 Å². The van der Waals surface area contributed by atoms with Gasteiger partial charge in [0, 0.05) is 5.69 Å². The van der Waals surface area contributed by atoms with Crippen molar-refractivity contribution in [3.05, 3.63) is 93.3 Å². The smallest absolute Gasteiger partial charge is 0.267 e. The molecule has 182 valence electrons. The fourth-order valence-corrected chi connectivity index (χ4v) is 5.10. The summed E-state index contributed by atoms with van der Waals surface area (Å²) >= 11 is 1.31. The first-order chi connectivity index (χ1) is 17.2. The van der Waals surface area contributed by atoms with Crippen molar-refractivity contribution in [2.75, 3.05) is 5.32 Å². The highest BCUT2D eigenvalue weighted by Crippen LogP contribution is 2.28. The molecule has 0 aliphatic heterocycles. The molecule has 1 unspecified atom stereocenters. The van der Waals surface area contributed by atoms with Crippen molar-refractivity contribution in [1.82, 2.24) is 19.2 Å². The average Bonchev–Trinajstić information content (AvgIpc) is 3.26. The number of carbonyl (C=O) groups excluding carboxylic acids is 1. The molecule has 1 amide bonds. The van der Waals surface area contributed by atoms with Crippen LogP contribution < -0.4 is 10.9 Å². The molecule has 0 spiro atoms. The summed E-state index contributed by atoms with van der Waals surface area (Å²) in [5, 5.41) is 12.5. The van der Waals surface area contributed by atoms with Gasteiger partial charge in [-0.1, -0.05) is 48.2 Å². The van der Waals surface area contributed by atoms with E-state index in [0.29, 0.717) is 21.8 Å². The molecule has 5 rings (SSSR count). The van der Waals surface area contributed by atoms with Gasteiger partial charge in [-0.05, 0) is 81.1 Å². The Labute approximate surface area is 213 Å². The Bertz CT molecular complexity index is 1700. The van der Waals surface area contributed by atoms with Crippen LogP contribution in [0.1, 0.15) is 29.2 Å². The van der Waals surface area contributed by atoms with E-state index in [-0.39, 0.29) is 11.5 Å². The fraction of sp³-hybridized carbons (Fsp3) is 0.214. The van der Waals surface area contributed by atoms with Gasteiger partial charge >= 0.3 is 0 Å². The van der Waals surface area contributed by atoms with E-state index in [1.54, 1.807) is 4.57 Å². The van der Waals surface area contributed by atoms with Gasteiger partial charge < -0.3 is 5.32 Å². The topological polar surface area (TPSA) is 81.3 Å². The Morgan fingerprint density at radius 3 is 2.39 bits per heavy atom. The molecular weight excluding hydrogens is 470 g/mol. The summed E-state index contributed by atoms with van der Waals surface area (Å²) in [4.78, 5) is 26.7. The van der Waals surface area contributed by atoms with Crippen LogP contribution in [-0.2, 0) is 4.79 Å². The van der Waals surface area contributed by atoms with E-state index in [4.69, 9.17) is 0 Å². The third-order valence-electron chi connectivity index (χ3n) is 6.30. The molecule has 2 aromatic heterocycles. The normalized spacial score (nSPS) is 12.2. The van der Waals surface area contributed by atoms with Crippen LogP contribution in [0.2, 0.25) is 0 Å². The summed E-state index contributed by atoms with van der Waals surface area (Å²) in [6.45, 7) is 9.77. The lowest BCUT2D eigenvalue weighted by Crippen LogP contribution is -2.24. The number of thioether (sulfide) groups is 1. The van der Waals surface area contributed by atoms with Crippen molar-refractivity contribution in [3.63, 3.8) is 0 Å². The zero-order chi connectivity index (χ0) is 25.6. The molecule has 7 nitrogen and oxygen atoms in total. The molecule has 1 N–H and O–H groups in total. The maximum absolute atomic E-state index is 13.6. The fourth-order valence-electron chi connectivity index (χ4n) is 4.25. The van der Waals surface area contributed by atoms with Crippen LogP contribution in [0, 0.1) is 27.7 Å². The molecule has 0 radical (unpaired) electrons. The molecule has 2 heterocycles. The van der Waals surface area contributed by atoms with Crippen molar-refractivity contribution in [3.8, 4) is 5.69 Å². The second-order valence-electron chi connectivity index (χ2n) is 9.13. The number of aromatic nitrogens is 4. The van der Waals surface area contributed by atoms with Crippen LogP contribution >= 0.6 is 11.8 Å². The first-order valence-corrected chi connectivity index (χ1v) is 12.6. The number of anilines is 1. The van der Waals surface area contributed by atoms with E-state index >= 15 is 0 Å². The number of carbonyl (C=O) groups is 1. The summed E-state index contributed by atoms with van der Waals surface area (Å²) in [5.41, 5.74) is 6.19.